The quantitative estimate of drug-likeness (QED) is 0.307. The van der Waals surface area contributed by atoms with Crippen LogP contribution in [0.25, 0.3) is 33.9 Å². The lowest BCUT2D eigenvalue weighted by atomic mass is 10.0. The molecule has 0 amide bonds. The Bertz CT molecular complexity index is 1830. The van der Waals surface area contributed by atoms with Crippen LogP contribution in [-0.2, 0) is 16.4 Å². The number of sulfonamides is 1. The molecule has 188 valence electrons. The molecule has 1 aliphatic carbocycles. The number of hydrogen-bond donors (Lipinski definition) is 2. The summed E-state index contributed by atoms with van der Waals surface area (Å²) in [5.74, 6) is 0.190. The van der Waals surface area contributed by atoms with Crippen molar-refractivity contribution in [3.05, 3.63) is 102 Å². The zero-order chi connectivity index (χ0) is 26.3. The van der Waals surface area contributed by atoms with Crippen LogP contribution in [0.1, 0.15) is 33.8 Å². The number of fused-ring (bicyclic) bond motifs is 2. The monoisotopic (exact) mass is 524 g/mol. The predicted molar refractivity (Wildman–Crippen MR) is 142 cm³/mol. The van der Waals surface area contributed by atoms with E-state index in [4.69, 9.17) is 9.40 Å². The third-order valence-electron chi connectivity index (χ3n) is 6.34. The van der Waals surface area contributed by atoms with Gasteiger partial charge in [0.25, 0.3) is 10.0 Å². The van der Waals surface area contributed by atoms with Gasteiger partial charge in [-0.15, -0.1) is 0 Å². The van der Waals surface area contributed by atoms with E-state index < -0.39 is 16.0 Å². The molecule has 3 heterocycles. The summed E-state index contributed by atoms with van der Waals surface area (Å²) in [5, 5.41) is 10.5. The van der Waals surface area contributed by atoms with Gasteiger partial charge in [-0.1, -0.05) is 18.2 Å². The Hall–Kier alpha value is -4.83. The van der Waals surface area contributed by atoms with Crippen LogP contribution in [0, 0.1) is 0 Å². The SMILES string of the molecule is O=C(O)c1c2c(nc3ccccc13)/C(=C/c1ccc(-c3ccc(S(=O)(=O)Nc4ncccn4)cc3)o1)CC2. The molecule has 10 heteroatoms. The van der Waals surface area contributed by atoms with Crippen LogP contribution in [0.4, 0.5) is 5.95 Å². The van der Waals surface area contributed by atoms with E-state index in [1.165, 1.54) is 24.5 Å². The fourth-order valence-electron chi connectivity index (χ4n) is 4.61. The van der Waals surface area contributed by atoms with Gasteiger partial charge in [-0.05, 0) is 78.6 Å². The number of para-hydroxylation sites is 1. The molecule has 0 saturated heterocycles. The lowest BCUT2D eigenvalue weighted by molar-refractivity contribution is 0.0698. The Morgan fingerprint density at radius 1 is 0.947 bits per heavy atom. The molecule has 6 rings (SSSR count). The molecule has 0 radical (unpaired) electrons. The Balaban J connectivity index is 1.27. The van der Waals surface area contributed by atoms with Gasteiger partial charge < -0.3 is 9.52 Å². The molecule has 0 unspecified atom stereocenters. The van der Waals surface area contributed by atoms with E-state index in [0.29, 0.717) is 52.1 Å². The van der Waals surface area contributed by atoms with Crippen molar-refractivity contribution in [2.75, 3.05) is 4.72 Å². The highest BCUT2D eigenvalue weighted by molar-refractivity contribution is 7.92. The van der Waals surface area contributed by atoms with Crippen molar-refractivity contribution >= 4 is 44.5 Å². The summed E-state index contributed by atoms with van der Waals surface area (Å²) >= 11 is 0. The highest BCUT2D eigenvalue weighted by Crippen LogP contribution is 2.38. The Morgan fingerprint density at radius 3 is 2.47 bits per heavy atom. The molecular weight excluding hydrogens is 504 g/mol. The van der Waals surface area contributed by atoms with Crippen LogP contribution in [0.15, 0.2) is 88.4 Å². The van der Waals surface area contributed by atoms with Crippen LogP contribution < -0.4 is 4.72 Å². The molecule has 0 atom stereocenters. The van der Waals surface area contributed by atoms with E-state index >= 15 is 0 Å². The number of allylic oxidation sites excluding steroid dienone is 1. The van der Waals surface area contributed by atoms with Crippen LogP contribution in [-0.4, -0.2) is 34.4 Å². The Morgan fingerprint density at radius 2 is 1.71 bits per heavy atom. The molecule has 0 bridgehead atoms. The first kappa shape index (κ1) is 23.6. The third kappa shape index (κ3) is 4.31. The van der Waals surface area contributed by atoms with Gasteiger partial charge in [0.2, 0.25) is 5.95 Å². The molecule has 0 fully saturated rings. The number of aromatic carboxylic acids is 1. The molecule has 0 aliphatic heterocycles. The standard InChI is InChI=1S/C28H20N4O5S/c33-27(34)25-21-4-1-2-5-23(21)31-26-18(8-12-22(25)26)16-19-9-13-24(37-19)17-6-10-20(11-7-17)38(35,36)32-28-29-14-3-15-30-28/h1-7,9-11,13-16H,8,12H2,(H,33,34)(H,29,30,32)/b18-16+. The number of aromatic nitrogens is 3. The topological polar surface area (TPSA) is 135 Å². The number of carboxylic acid groups (broad SMARTS) is 1. The Labute approximate surface area is 217 Å². The van der Waals surface area contributed by atoms with Gasteiger partial charge in [0, 0.05) is 23.3 Å². The summed E-state index contributed by atoms with van der Waals surface area (Å²) in [5.41, 5.74) is 3.97. The first-order valence-corrected chi connectivity index (χ1v) is 13.2. The van der Waals surface area contributed by atoms with Crippen LogP contribution in [0.5, 0.6) is 0 Å². The highest BCUT2D eigenvalue weighted by atomic mass is 32.2. The first-order chi connectivity index (χ1) is 18.4. The number of furan rings is 1. The second-order valence-corrected chi connectivity index (χ2v) is 10.4. The molecule has 2 N–H and O–H groups in total. The summed E-state index contributed by atoms with van der Waals surface area (Å²) in [4.78, 5) is 24.7. The lowest BCUT2D eigenvalue weighted by Crippen LogP contribution is -2.14. The van der Waals surface area contributed by atoms with Crippen LogP contribution >= 0.6 is 0 Å². The van der Waals surface area contributed by atoms with Crippen molar-refractivity contribution in [3.8, 4) is 11.3 Å². The van der Waals surface area contributed by atoms with E-state index in [2.05, 4.69) is 14.7 Å². The largest absolute Gasteiger partial charge is 0.478 e. The molecule has 2 aromatic carbocycles. The van der Waals surface area contributed by atoms with Crippen molar-refractivity contribution in [1.82, 2.24) is 15.0 Å². The lowest BCUT2D eigenvalue weighted by Gasteiger charge is -2.09. The van der Waals surface area contributed by atoms with Gasteiger partial charge in [0.05, 0.1) is 21.7 Å². The number of hydrogen-bond acceptors (Lipinski definition) is 7. The van der Waals surface area contributed by atoms with Crippen molar-refractivity contribution in [2.45, 2.75) is 17.7 Å². The van der Waals surface area contributed by atoms with E-state index in [9.17, 15) is 18.3 Å². The fourth-order valence-corrected chi connectivity index (χ4v) is 5.57. The number of pyridine rings is 1. The van der Waals surface area contributed by atoms with Crippen molar-refractivity contribution < 1.29 is 22.7 Å². The number of anilines is 1. The number of rotatable bonds is 6. The van der Waals surface area contributed by atoms with Gasteiger partial charge in [-0.3, -0.25) is 0 Å². The molecule has 1 aliphatic rings. The average Bonchev–Trinajstić information content (AvgIpc) is 3.55. The Kier molecular flexibility index (Phi) is 5.73. The normalized spacial score (nSPS) is 14.1. The minimum absolute atomic E-state index is 0.00765. The molecule has 5 aromatic rings. The molecule has 38 heavy (non-hydrogen) atoms. The minimum Gasteiger partial charge on any atom is -0.478 e. The minimum atomic E-state index is -3.84. The van der Waals surface area contributed by atoms with E-state index in [-0.39, 0.29) is 10.8 Å². The highest BCUT2D eigenvalue weighted by Gasteiger charge is 2.27. The molecule has 0 saturated carbocycles. The van der Waals surface area contributed by atoms with Gasteiger partial charge in [0.1, 0.15) is 11.5 Å². The summed E-state index contributed by atoms with van der Waals surface area (Å²) < 4.78 is 33.6. The van der Waals surface area contributed by atoms with Crippen LogP contribution in [0.3, 0.4) is 0 Å². The van der Waals surface area contributed by atoms with E-state index in [0.717, 1.165) is 11.1 Å². The maximum atomic E-state index is 12.6. The summed E-state index contributed by atoms with van der Waals surface area (Å²) in [6.07, 6.45) is 6.02. The summed E-state index contributed by atoms with van der Waals surface area (Å²) in [7, 11) is -3.84. The van der Waals surface area contributed by atoms with Gasteiger partial charge in [0.15, 0.2) is 0 Å². The van der Waals surface area contributed by atoms with Crippen LogP contribution in [0.2, 0.25) is 0 Å². The summed E-state index contributed by atoms with van der Waals surface area (Å²) in [6, 6.07) is 18.8. The van der Waals surface area contributed by atoms with E-state index in [1.807, 2.05) is 30.3 Å². The number of benzene rings is 2. The summed E-state index contributed by atoms with van der Waals surface area (Å²) in [6.45, 7) is 0. The smallest absolute Gasteiger partial charge is 0.336 e. The molecule has 9 nitrogen and oxygen atoms in total. The number of nitrogens with one attached hydrogen (secondary N) is 1. The van der Waals surface area contributed by atoms with E-state index in [1.54, 1.807) is 30.3 Å². The molecule has 3 aromatic heterocycles. The third-order valence-corrected chi connectivity index (χ3v) is 7.68. The molecule has 0 spiro atoms. The maximum absolute atomic E-state index is 12.6. The second kappa shape index (κ2) is 9.24. The number of carboxylic acids is 1. The average molecular weight is 525 g/mol. The van der Waals surface area contributed by atoms with Crippen molar-refractivity contribution in [1.29, 1.82) is 0 Å². The molecular formula is C28H20N4O5S. The zero-order valence-corrected chi connectivity index (χ0v) is 20.6. The van der Waals surface area contributed by atoms with Gasteiger partial charge >= 0.3 is 5.97 Å². The number of nitrogens with zero attached hydrogens (tertiary/aromatic N) is 3. The van der Waals surface area contributed by atoms with Gasteiger partial charge in [-0.2, -0.15) is 0 Å². The van der Waals surface area contributed by atoms with Gasteiger partial charge in [-0.25, -0.2) is 32.9 Å². The van der Waals surface area contributed by atoms with Crippen molar-refractivity contribution in [2.24, 2.45) is 0 Å². The maximum Gasteiger partial charge on any atom is 0.336 e. The first-order valence-electron chi connectivity index (χ1n) is 11.7. The predicted octanol–water partition coefficient (Wildman–Crippen LogP) is 5.27. The second-order valence-electron chi connectivity index (χ2n) is 8.71. The fraction of sp³-hybridized carbons (Fsp3) is 0.0714. The van der Waals surface area contributed by atoms with Crippen molar-refractivity contribution in [3.63, 3.8) is 0 Å². The number of carbonyl (C=O) groups is 1. The zero-order valence-electron chi connectivity index (χ0n) is 19.8.